The lowest BCUT2D eigenvalue weighted by atomic mass is 9.99. The Kier molecular flexibility index (Phi) is 5.51. The maximum Gasteiger partial charge on any atom is 0.321 e. The van der Waals surface area contributed by atoms with Gasteiger partial charge in [-0.25, -0.2) is 17.5 Å². The van der Waals surface area contributed by atoms with Crippen LogP contribution in [0.2, 0.25) is 0 Å². The first-order valence-corrected chi connectivity index (χ1v) is 10.2. The van der Waals surface area contributed by atoms with E-state index in [1.54, 1.807) is 12.1 Å². The van der Waals surface area contributed by atoms with Gasteiger partial charge in [0.2, 0.25) is 21.8 Å². The fourth-order valence-corrected chi connectivity index (χ4v) is 5.41. The van der Waals surface area contributed by atoms with Gasteiger partial charge in [-0.05, 0) is 31.9 Å². The van der Waals surface area contributed by atoms with E-state index in [1.807, 2.05) is 5.32 Å². The predicted octanol–water partition coefficient (Wildman–Crippen LogP) is -0.466. The molecule has 3 unspecified atom stereocenters. The van der Waals surface area contributed by atoms with Gasteiger partial charge in [-0.1, -0.05) is 0 Å². The van der Waals surface area contributed by atoms with Crippen LogP contribution in [0.4, 0.5) is 4.79 Å². The first-order chi connectivity index (χ1) is 12.8. The first-order valence-electron chi connectivity index (χ1n) is 8.69. The number of carbonyl (C=O) groups excluding carboxylic acids is 3. The third kappa shape index (κ3) is 4.14. The van der Waals surface area contributed by atoms with Gasteiger partial charge in [0.15, 0.2) is 5.25 Å². The Morgan fingerprint density at radius 1 is 1.41 bits per heavy atom. The number of urea groups is 1. The molecule has 1 aromatic rings. The maximum atomic E-state index is 12.9. The van der Waals surface area contributed by atoms with E-state index in [1.165, 1.54) is 17.5 Å². The molecule has 11 heteroatoms. The van der Waals surface area contributed by atoms with Gasteiger partial charge in [-0.15, -0.1) is 0 Å². The molecule has 2 fully saturated rings. The van der Waals surface area contributed by atoms with Gasteiger partial charge in [-0.3, -0.25) is 14.9 Å². The lowest BCUT2D eigenvalue weighted by molar-refractivity contribution is -0.126. The van der Waals surface area contributed by atoms with Gasteiger partial charge in [0.1, 0.15) is 5.76 Å². The van der Waals surface area contributed by atoms with E-state index in [9.17, 15) is 22.8 Å². The summed E-state index contributed by atoms with van der Waals surface area (Å²) < 4.78 is 32.2. The average molecular weight is 398 g/mol. The summed E-state index contributed by atoms with van der Waals surface area (Å²) in [6, 6.07) is 1.87. The Morgan fingerprint density at radius 3 is 2.85 bits per heavy atom. The average Bonchev–Trinajstić information content (AvgIpc) is 3.12. The van der Waals surface area contributed by atoms with Crippen LogP contribution in [-0.2, 0) is 26.2 Å². The van der Waals surface area contributed by atoms with Crippen LogP contribution >= 0.6 is 0 Å². The Morgan fingerprint density at radius 2 is 2.19 bits per heavy atom. The minimum absolute atomic E-state index is 0.00321. The number of hydrogen-bond donors (Lipinski definition) is 3. The molecule has 2 aliphatic rings. The number of hydrogen-bond acceptors (Lipinski definition) is 6. The molecule has 4 amide bonds. The monoisotopic (exact) mass is 398 g/mol. The second kappa shape index (κ2) is 7.69. The number of sulfonamides is 1. The Balaban J connectivity index is 1.66. The van der Waals surface area contributed by atoms with Crippen LogP contribution in [0.5, 0.6) is 0 Å². The molecule has 3 N–H and O–H groups in total. The smallest absolute Gasteiger partial charge is 0.321 e. The third-order valence-electron chi connectivity index (χ3n) is 4.76. The molecule has 3 atom stereocenters. The summed E-state index contributed by atoms with van der Waals surface area (Å²) in [4.78, 5) is 35.8. The molecule has 148 valence electrons. The quantitative estimate of drug-likeness (QED) is 0.613. The zero-order valence-corrected chi connectivity index (χ0v) is 15.6. The van der Waals surface area contributed by atoms with Crippen molar-refractivity contribution in [3.8, 4) is 0 Å². The number of imide groups is 1. The van der Waals surface area contributed by atoms with Crippen molar-refractivity contribution in [2.45, 2.75) is 37.6 Å². The first kappa shape index (κ1) is 19.4. The fourth-order valence-electron chi connectivity index (χ4n) is 3.40. The molecular formula is C16H22N4O6S. The number of carbonyl (C=O) groups is 3. The van der Waals surface area contributed by atoms with Crippen molar-refractivity contribution < 1.29 is 27.2 Å². The van der Waals surface area contributed by atoms with E-state index in [0.717, 1.165) is 0 Å². The molecule has 0 spiro atoms. The molecule has 0 bridgehead atoms. The van der Waals surface area contributed by atoms with Gasteiger partial charge in [0.05, 0.1) is 24.8 Å². The summed E-state index contributed by atoms with van der Waals surface area (Å²) in [6.45, 7) is 1.92. The number of rotatable bonds is 5. The highest BCUT2D eigenvalue weighted by molar-refractivity contribution is 7.90. The minimum atomic E-state index is -4.02. The Labute approximate surface area is 156 Å². The highest BCUT2D eigenvalue weighted by atomic mass is 32.2. The number of nitrogens with one attached hydrogen (secondary N) is 3. The Hall–Kier alpha value is -2.40. The molecule has 27 heavy (non-hydrogen) atoms. The van der Waals surface area contributed by atoms with Crippen molar-refractivity contribution in [1.29, 1.82) is 0 Å². The highest BCUT2D eigenvalue weighted by Crippen LogP contribution is 2.24. The fraction of sp³-hybridized carbons (Fsp3) is 0.562. The summed E-state index contributed by atoms with van der Waals surface area (Å²) in [5, 5.41) is 5.72. The van der Waals surface area contributed by atoms with E-state index in [0.29, 0.717) is 18.6 Å². The van der Waals surface area contributed by atoms with Gasteiger partial charge in [-0.2, -0.15) is 0 Å². The van der Waals surface area contributed by atoms with Gasteiger partial charge in [0.25, 0.3) is 0 Å². The largest absolute Gasteiger partial charge is 0.467 e. The molecule has 3 rings (SSSR count). The zero-order chi connectivity index (χ0) is 19.6. The van der Waals surface area contributed by atoms with Crippen LogP contribution < -0.4 is 16.0 Å². The summed E-state index contributed by atoms with van der Waals surface area (Å²) in [7, 11) is -4.02. The van der Waals surface area contributed by atoms with Crippen molar-refractivity contribution in [2.24, 2.45) is 5.92 Å². The van der Waals surface area contributed by atoms with E-state index in [-0.39, 0.29) is 25.5 Å². The molecular weight excluding hydrogens is 376 g/mol. The topological polar surface area (TPSA) is 138 Å². The predicted molar refractivity (Wildman–Crippen MR) is 93.7 cm³/mol. The van der Waals surface area contributed by atoms with Crippen molar-refractivity contribution in [3.05, 3.63) is 24.2 Å². The van der Waals surface area contributed by atoms with Gasteiger partial charge >= 0.3 is 6.03 Å². The number of nitrogens with zero attached hydrogens (tertiary/aromatic N) is 1. The molecule has 0 saturated carbocycles. The number of piperidine rings is 1. The van der Waals surface area contributed by atoms with Crippen LogP contribution in [0, 0.1) is 5.92 Å². The highest BCUT2D eigenvalue weighted by Gasteiger charge is 2.46. The van der Waals surface area contributed by atoms with E-state index in [2.05, 4.69) is 10.6 Å². The van der Waals surface area contributed by atoms with Crippen LogP contribution in [0.3, 0.4) is 0 Å². The third-order valence-corrected chi connectivity index (χ3v) is 7.08. The van der Waals surface area contributed by atoms with Crippen LogP contribution in [-0.4, -0.2) is 54.9 Å². The zero-order valence-electron chi connectivity index (χ0n) is 14.8. The molecule has 0 aliphatic carbocycles. The molecule has 1 aromatic heterocycles. The molecule has 2 saturated heterocycles. The summed E-state index contributed by atoms with van der Waals surface area (Å²) in [5.74, 6) is -1.02. The maximum absolute atomic E-state index is 12.9. The molecule has 3 heterocycles. The van der Waals surface area contributed by atoms with Crippen LogP contribution in [0.25, 0.3) is 0 Å². The van der Waals surface area contributed by atoms with E-state index in [4.69, 9.17) is 4.42 Å². The van der Waals surface area contributed by atoms with E-state index < -0.39 is 39.2 Å². The van der Waals surface area contributed by atoms with Crippen molar-refractivity contribution in [3.63, 3.8) is 0 Å². The summed E-state index contributed by atoms with van der Waals surface area (Å²) >= 11 is 0. The van der Waals surface area contributed by atoms with Crippen molar-refractivity contribution in [2.75, 3.05) is 13.1 Å². The van der Waals surface area contributed by atoms with Crippen molar-refractivity contribution in [1.82, 2.24) is 20.3 Å². The number of amides is 4. The van der Waals surface area contributed by atoms with Crippen LogP contribution in [0.15, 0.2) is 22.8 Å². The molecule has 10 nitrogen and oxygen atoms in total. The van der Waals surface area contributed by atoms with Gasteiger partial charge in [0, 0.05) is 13.1 Å². The molecule has 0 aromatic carbocycles. The standard InChI is InChI=1S/C16H22N4O6S/c1-10-13(15(22)19-16(23)18-10)27(24,25)20-6-2-4-11(9-20)14(21)17-8-12-5-3-7-26-12/h3,5,7,10-11,13H,2,4,6,8-9H2,1H3,(H,17,21)(H2,18,19,22,23). The summed E-state index contributed by atoms with van der Waals surface area (Å²) in [5.41, 5.74) is 0. The van der Waals surface area contributed by atoms with Crippen LogP contribution in [0.1, 0.15) is 25.5 Å². The SMILES string of the molecule is CC1NC(=O)NC(=O)C1S(=O)(=O)N1CCCC(C(=O)NCc2ccco2)C1. The van der Waals surface area contributed by atoms with Crippen molar-refractivity contribution >= 4 is 27.9 Å². The Bertz CT molecular complexity index is 822. The lowest BCUT2D eigenvalue weighted by Crippen LogP contribution is -2.65. The molecule has 0 radical (unpaired) electrons. The lowest BCUT2D eigenvalue weighted by Gasteiger charge is -2.36. The molecule has 2 aliphatic heterocycles. The number of furan rings is 1. The summed E-state index contributed by atoms with van der Waals surface area (Å²) in [6.07, 6.45) is 2.57. The second-order valence-corrected chi connectivity index (χ2v) is 8.77. The normalized spacial score (nSPS) is 26.9. The van der Waals surface area contributed by atoms with Gasteiger partial charge < -0.3 is 15.1 Å². The van der Waals surface area contributed by atoms with E-state index >= 15 is 0 Å². The minimum Gasteiger partial charge on any atom is -0.467 e. The second-order valence-electron chi connectivity index (χ2n) is 6.71.